The summed E-state index contributed by atoms with van der Waals surface area (Å²) in [4.78, 5) is 22.7. The quantitative estimate of drug-likeness (QED) is 0.217. The van der Waals surface area contributed by atoms with Crippen molar-refractivity contribution in [2.45, 2.75) is 38.2 Å². The zero-order chi connectivity index (χ0) is 23.7. The van der Waals surface area contributed by atoms with E-state index in [0.717, 1.165) is 16.9 Å². The van der Waals surface area contributed by atoms with Crippen molar-refractivity contribution >= 4 is 30.1 Å². The maximum absolute atomic E-state index is 11.5. The third-order valence-corrected chi connectivity index (χ3v) is 4.91. The second-order valence-corrected chi connectivity index (χ2v) is 7.64. The highest BCUT2D eigenvalue weighted by Gasteiger charge is 2.15. The van der Waals surface area contributed by atoms with Gasteiger partial charge in [0.1, 0.15) is 18.1 Å². The van der Waals surface area contributed by atoms with E-state index in [2.05, 4.69) is 12.6 Å². The van der Waals surface area contributed by atoms with Crippen molar-refractivity contribution in [2.75, 3.05) is 5.73 Å². The van der Waals surface area contributed by atoms with Gasteiger partial charge in [0, 0.05) is 16.1 Å². The van der Waals surface area contributed by atoms with Crippen LogP contribution in [0.2, 0.25) is 0 Å². The highest BCUT2D eigenvalue weighted by molar-refractivity contribution is 7.80. The lowest BCUT2D eigenvalue weighted by atomic mass is 10.0. The summed E-state index contributed by atoms with van der Waals surface area (Å²) in [5.41, 5.74) is 8.23. The maximum atomic E-state index is 11.5. The van der Waals surface area contributed by atoms with Crippen LogP contribution in [0.1, 0.15) is 52.1 Å². The number of rotatable bonds is 7. The Labute approximate surface area is 193 Å². The molecule has 3 rings (SSSR count). The highest BCUT2D eigenvalue weighted by Crippen LogP contribution is 2.33. The number of benzene rings is 3. The first-order valence-corrected chi connectivity index (χ1v) is 10.5. The van der Waals surface area contributed by atoms with E-state index in [1.807, 2.05) is 31.2 Å². The fourth-order valence-corrected chi connectivity index (χ4v) is 3.06. The van der Waals surface area contributed by atoms with Crippen molar-refractivity contribution in [3.8, 4) is 11.5 Å². The average molecular weight is 454 g/mol. The van der Waals surface area contributed by atoms with Crippen molar-refractivity contribution < 1.29 is 24.5 Å². The van der Waals surface area contributed by atoms with Gasteiger partial charge >= 0.3 is 5.97 Å². The number of aromatic hydroxyl groups is 1. The van der Waals surface area contributed by atoms with Gasteiger partial charge in [-0.1, -0.05) is 25.5 Å². The molecule has 0 bridgehead atoms. The summed E-state index contributed by atoms with van der Waals surface area (Å²) >= 11 is 4.25. The van der Waals surface area contributed by atoms with E-state index in [1.165, 1.54) is 19.1 Å². The van der Waals surface area contributed by atoms with Crippen LogP contribution in [0.5, 0.6) is 11.5 Å². The van der Waals surface area contributed by atoms with Gasteiger partial charge in [-0.3, -0.25) is 4.79 Å². The zero-order valence-electron chi connectivity index (χ0n) is 18.0. The molecule has 3 aromatic carbocycles. The van der Waals surface area contributed by atoms with Gasteiger partial charge in [-0.15, -0.1) is 12.6 Å². The van der Waals surface area contributed by atoms with Gasteiger partial charge in [0.2, 0.25) is 0 Å². The minimum atomic E-state index is -0.931. The lowest BCUT2D eigenvalue weighted by Gasteiger charge is -2.14. The minimum Gasteiger partial charge on any atom is -0.507 e. The van der Waals surface area contributed by atoms with Crippen LogP contribution in [0.15, 0.2) is 65.6 Å². The molecule has 0 aliphatic rings. The number of carboxylic acids is 1. The summed E-state index contributed by atoms with van der Waals surface area (Å²) in [6.07, 6.45) is 1.53. The number of Topliss-reactive ketones (excluding diaryl/α,β-unsaturated/α-hetero) is 1. The molecule has 4 N–H and O–H groups in total. The molecular weight excluding hydrogens is 426 g/mol. The number of carbonyl (C=O) groups excluding carboxylic acids is 1. The fraction of sp³-hybridized carbons (Fsp3) is 0.200. The first-order chi connectivity index (χ1) is 15.2. The van der Waals surface area contributed by atoms with Crippen LogP contribution in [0, 0.1) is 0 Å². The van der Waals surface area contributed by atoms with Gasteiger partial charge in [-0.05, 0) is 67.4 Å². The summed E-state index contributed by atoms with van der Waals surface area (Å²) < 4.78 is 5.83. The van der Waals surface area contributed by atoms with Gasteiger partial charge in [0.05, 0.1) is 11.1 Å². The Morgan fingerprint density at radius 3 is 2.16 bits per heavy atom. The molecular formula is C25H27NO5S. The molecule has 0 saturated carbocycles. The summed E-state index contributed by atoms with van der Waals surface area (Å²) in [5.74, 6) is -0.414. The van der Waals surface area contributed by atoms with Gasteiger partial charge < -0.3 is 20.7 Å². The predicted molar refractivity (Wildman–Crippen MR) is 128 cm³/mol. The van der Waals surface area contributed by atoms with E-state index < -0.39 is 5.97 Å². The molecule has 0 saturated heterocycles. The third-order valence-electron chi connectivity index (χ3n) is 4.61. The molecule has 0 aliphatic heterocycles. The number of ketones is 1. The largest absolute Gasteiger partial charge is 0.507 e. The molecule has 0 heterocycles. The van der Waals surface area contributed by atoms with E-state index in [-0.39, 0.29) is 17.1 Å². The molecule has 0 unspecified atom stereocenters. The number of carboxylic acid groups (broad SMARTS) is 1. The number of carbonyl (C=O) groups is 2. The van der Waals surface area contributed by atoms with E-state index in [1.54, 1.807) is 24.3 Å². The molecule has 0 amide bonds. The topological polar surface area (TPSA) is 110 Å². The van der Waals surface area contributed by atoms with Gasteiger partial charge in [0.25, 0.3) is 0 Å². The number of anilines is 1. The number of ether oxygens (including phenoxy) is 1. The monoisotopic (exact) mass is 453 g/mol. The fourth-order valence-electron chi connectivity index (χ4n) is 2.91. The lowest BCUT2D eigenvalue weighted by molar-refractivity contribution is 0.0696. The second-order valence-electron chi connectivity index (χ2n) is 7.13. The van der Waals surface area contributed by atoms with Gasteiger partial charge in [-0.25, -0.2) is 4.79 Å². The Kier molecular flexibility index (Phi) is 9.16. The van der Waals surface area contributed by atoms with E-state index in [9.17, 15) is 14.7 Å². The molecule has 168 valence electrons. The van der Waals surface area contributed by atoms with Crippen molar-refractivity contribution in [3.63, 3.8) is 0 Å². The molecule has 0 fully saturated rings. The number of nitrogen functional groups attached to an aromatic ring is 1. The average Bonchev–Trinajstić information content (AvgIpc) is 2.76. The third kappa shape index (κ3) is 7.06. The molecule has 7 heteroatoms. The Morgan fingerprint density at radius 1 is 1.00 bits per heavy atom. The summed E-state index contributed by atoms with van der Waals surface area (Å²) in [5, 5.41) is 18.7. The zero-order valence-corrected chi connectivity index (χ0v) is 18.9. The van der Waals surface area contributed by atoms with Crippen molar-refractivity contribution in [1.82, 2.24) is 0 Å². The van der Waals surface area contributed by atoms with Crippen LogP contribution >= 0.6 is 12.6 Å². The number of thiol groups is 1. The van der Waals surface area contributed by atoms with Crippen LogP contribution in [0.25, 0.3) is 0 Å². The highest BCUT2D eigenvalue weighted by atomic mass is 32.1. The molecule has 0 aromatic heterocycles. The smallest absolute Gasteiger partial charge is 0.335 e. The summed E-state index contributed by atoms with van der Waals surface area (Å²) in [6, 6.07) is 17.1. The van der Waals surface area contributed by atoms with Gasteiger partial charge in [-0.2, -0.15) is 0 Å². The number of aromatic carboxylic acids is 1. The number of nitrogens with two attached hydrogens (primary N) is 1. The van der Waals surface area contributed by atoms with E-state index in [4.69, 9.17) is 15.6 Å². The van der Waals surface area contributed by atoms with Crippen molar-refractivity contribution in [3.05, 3.63) is 82.9 Å². The summed E-state index contributed by atoms with van der Waals surface area (Å²) in [6.45, 7) is 3.88. The minimum absolute atomic E-state index is 0.0394. The van der Waals surface area contributed by atoms with Crippen molar-refractivity contribution in [1.29, 1.82) is 0 Å². The normalized spacial score (nSPS) is 10.1. The Hall–Kier alpha value is -3.45. The lowest BCUT2D eigenvalue weighted by Crippen LogP contribution is -2.02. The first-order valence-electron chi connectivity index (χ1n) is 10.1. The molecule has 32 heavy (non-hydrogen) atoms. The number of hydrogen-bond donors (Lipinski definition) is 4. The Morgan fingerprint density at radius 2 is 1.62 bits per heavy atom. The SMILES string of the molecule is CCCc1c(OCc2ccc(S)cc2)ccc(C(C)=O)c1O.Nc1ccc(C(=O)O)cc1. The molecule has 3 aromatic rings. The molecule has 0 radical (unpaired) electrons. The van der Waals surface area contributed by atoms with E-state index >= 15 is 0 Å². The van der Waals surface area contributed by atoms with Crippen LogP contribution in [-0.4, -0.2) is 22.0 Å². The van der Waals surface area contributed by atoms with Crippen LogP contribution in [0.4, 0.5) is 5.69 Å². The Bertz CT molecular complexity index is 1060. The molecule has 0 spiro atoms. The predicted octanol–water partition coefficient (Wildman–Crippen LogP) is 5.38. The summed E-state index contributed by atoms with van der Waals surface area (Å²) in [7, 11) is 0. The first kappa shape index (κ1) is 24.8. The number of hydrogen-bond acceptors (Lipinski definition) is 6. The van der Waals surface area contributed by atoms with Crippen LogP contribution in [-0.2, 0) is 13.0 Å². The molecule has 0 aliphatic carbocycles. The van der Waals surface area contributed by atoms with Crippen LogP contribution in [0.3, 0.4) is 0 Å². The molecule has 6 nitrogen and oxygen atoms in total. The second kappa shape index (κ2) is 11.8. The van der Waals surface area contributed by atoms with Crippen LogP contribution < -0.4 is 10.5 Å². The van der Waals surface area contributed by atoms with Crippen molar-refractivity contribution in [2.24, 2.45) is 0 Å². The standard InChI is InChI=1S/C18H20O3S.C7H7NO2/c1-3-4-16-17(10-9-15(12(2)19)18(16)20)21-11-13-5-7-14(22)8-6-13;8-6-3-1-5(2-4-6)7(9)10/h5-10,20,22H,3-4,11H2,1-2H3;1-4H,8H2,(H,9,10). The maximum Gasteiger partial charge on any atom is 0.335 e. The number of phenolic OH excluding ortho intramolecular Hbond substituents is 1. The van der Waals surface area contributed by atoms with Gasteiger partial charge in [0.15, 0.2) is 5.78 Å². The van der Waals surface area contributed by atoms with E-state index in [0.29, 0.717) is 35.6 Å². The Balaban J connectivity index is 0.000000303. The number of phenols is 1. The molecule has 0 atom stereocenters.